The van der Waals surface area contributed by atoms with Crippen molar-refractivity contribution in [1.82, 2.24) is 4.90 Å². The van der Waals surface area contributed by atoms with E-state index in [4.69, 9.17) is 22.1 Å². The molecule has 0 aromatic heterocycles. The zero-order valence-electron chi connectivity index (χ0n) is 9.45. The van der Waals surface area contributed by atoms with Gasteiger partial charge in [-0.25, -0.2) is 0 Å². The number of hydrogen-bond acceptors (Lipinski definition) is 3. The molecule has 1 saturated heterocycles. The van der Waals surface area contributed by atoms with Crippen LogP contribution in [0.1, 0.15) is 12.8 Å². The molecule has 0 unspecified atom stereocenters. The highest BCUT2D eigenvalue weighted by Crippen LogP contribution is 2.30. The van der Waals surface area contributed by atoms with E-state index in [1.807, 2.05) is 12.1 Å². The molecule has 0 bridgehead atoms. The summed E-state index contributed by atoms with van der Waals surface area (Å²) in [5, 5.41) is 0.561. The van der Waals surface area contributed by atoms with Gasteiger partial charge in [-0.1, -0.05) is 17.7 Å². The number of nitrogen functional groups attached to an aromatic ring is 1. The quantitative estimate of drug-likeness (QED) is 0.807. The molecule has 1 heterocycles. The number of benzene rings is 1. The number of para-hydroxylation sites is 1. The van der Waals surface area contributed by atoms with Gasteiger partial charge in [0.1, 0.15) is 11.9 Å². The number of halogens is 1. The highest BCUT2D eigenvalue weighted by Gasteiger charge is 2.19. The van der Waals surface area contributed by atoms with Gasteiger partial charge in [0.15, 0.2) is 0 Å². The SMILES string of the molecule is CN1CCC(Oc2cccc(Cl)c2N)CC1. The van der Waals surface area contributed by atoms with Crippen molar-refractivity contribution in [3.63, 3.8) is 0 Å². The van der Waals surface area contributed by atoms with Gasteiger partial charge in [-0.15, -0.1) is 0 Å². The van der Waals surface area contributed by atoms with Crippen molar-refractivity contribution in [2.45, 2.75) is 18.9 Å². The van der Waals surface area contributed by atoms with Crippen LogP contribution in [0.15, 0.2) is 18.2 Å². The normalized spacial score (nSPS) is 18.6. The maximum Gasteiger partial charge on any atom is 0.144 e. The Morgan fingerprint density at radius 2 is 2.06 bits per heavy atom. The second-order valence-corrected chi connectivity index (χ2v) is 4.68. The first-order valence-electron chi connectivity index (χ1n) is 5.56. The van der Waals surface area contributed by atoms with Crippen LogP contribution in [0, 0.1) is 0 Å². The molecule has 88 valence electrons. The van der Waals surface area contributed by atoms with Crippen LogP contribution >= 0.6 is 11.6 Å². The Bertz CT molecular complexity index is 362. The monoisotopic (exact) mass is 240 g/mol. The minimum atomic E-state index is 0.261. The summed E-state index contributed by atoms with van der Waals surface area (Å²) in [7, 11) is 2.13. The molecule has 1 fully saturated rings. The summed E-state index contributed by atoms with van der Waals surface area (Å²) < 4.78 is 5.88. The minimum absolute atomic E-state index is 0.261. The smallest absolute Gasteiger partial charge is 0.144 e. The minimum Gasteiger partial charge on any atom is -0.488 e. The molecule has 0 saturated carbocycles. The molecule has 0 radical (unpaired) electrons. The Kier molecular flexibility index (Phi) is 3.56. The molecule has 1 aliphatic heterocycles. The van der Waals surface area contributed by atoms with Gasteiger partial charge in [0.25, 0.3) is 0 Å². The van der Waals surface area contributed by atoms with Crippen molar-refractivity contribution in [3.8, 4) is 5.75 Å². The first-order valence-corrected chi connectivity index (χ1v) is 5.94. The maximum atomic E-state index is 5.94. The standard InChI is InChI=1S/C12H17ClN2O/c1-15-7-5-9(6-8-15)16-11-4-2-3-10(13)12(11)14/h2-4,9H,5-8,14H2,1H3. The lowest BCUT2D eigenvalue weighted by atomic mass is 10.1. The van der Waals surface area contributed by atoms with E-state index in [1.165, 1.54) is 0 Å². The van der Waals surface area contributed by atoms with Gasteiger partial charge in [-0.3, -0.25) is 0 Å². The van der Waals surface area contributed by atoms with Crippen LogP contribution in [-0.2, 0) is 0 Å². The van der Waals surface area contributed by atoms with E-state index in [9.17, 15) is 0 Å². The van der Waals surface area contributed by atoms with Crippen molar-refractivity contribution in [2.75, 3.05) is 25.9 Å². The summed E-state index contributed by atoms with van der Waals surface area (Å²) in [5.41, 5.74) is 6.40. The molecule has 3 nitrogen and oxygen atoms in total. The van der Waals surface area contributed by atoms with Crippen LogP contribution in [0.3, 0.4) is 0 Å². The van der Waals surface area contributed by atoms with Crippen LogP contribution in [0.5, 0.6) is 5.75 Å². The van der Waals surface area contributed by atoms with Crippen molar-refractivity contribution in [3.05, 3.63) is 23.2 Å². The number of ether oxygens (including phenoxy) is 1. The lowest BCUT2D eigenvalue weighted by Crippen LogP contribution is -2.35. The van der Waals surface area contributed by atoms with Gasteiger partial charge in [-0.2, -0.15) is 0 Å². The fraction of sp³-hybridized carbons (Fsp3) is 0.500. The third-order valence-electron chi connectivity index (χ3n) is 2.97. The zero-order valence-corrected chi connectivity index (χ0v) is 10.2. The number of rotatable bonds is 2. The molecule has 0 amide bonds. The molecule has 1 aliphatic rings. The van der Waals surface area contributed by atoms with Crippen LogP contribution in [0.25, 0.3) is 0 Å². The summed E-state index contributed by atoms with van der Waals surface area (Å²) >= 11 is 5.94. The largest absolute Gasteiger partial charge is 0.488 e. The predicted molar refractivity (Wildman–Crippen MR) is 67.0 cm³/mol. The fourth-order valence-electron chi connectivity index (χ4n) is 1.90. The predicted octanol–water partition coefficient (Wildman–Crippen LogP) is 2.40. The molecule has 0 atom stereocenters. The average molecular weight is 241 g/mol. The lowest BCUT2D eigenvalue weighted by Gasteiger charge is -2.29. The first kappa shape index (κ1) is 11.6. The Morgan fingerprint density at radius 1 is 1.38 bits per heavy atom. The number of likely N-dealkylation sites (tertiary alicyclic amines) is 1. The second kappa shape index (κ2) is 4.93. The van der Waals surface area contributed by atoms with Crippen LogP contribution in [-0.4, -0.2) is 31.1 Å². The summed E-state index contributed by atoms with van der Waals surface area (Å²) in [6.07, 6.45) is 2.35. The number of piperidine rings is 1. The highest BCUT2D eigenvalue weighted by molar-refractivity contribution is 6.33. The van der Waals surface area contributed by atoms with E-state index in [0.717, 1.165) is 25.9 Å². The lowest BCUT2D eigenvalue weighted by molar-refractivity contribution is 0.115. The van der Waals surface area contributed by atoms with Crippen molar-refractivity contribution < 1.29 is 4.74 Å². The van der Waals surface area contributed by atoms with E-state index in [1.54, 1.807) is 6.07 Å². The summed E-state index contributed by atoms with van der Waals surface area (Å²) in [6.45, 7) is 2.15. The molecule has 0 aliphatic carbocycles. The van der Waals surface area contributed by atoms with Crippen molar-refractivity contribution in [2.24, 2.45) is 0 Å². The van der Waals surface area contributed by atoms with E-state index in [0.29, 0.717) is 16.5 Å². The second-order valence-electron chi connectivity index (χ2n) is 4.27. The topological polar surface area (TPSA) is 38.5 Å². The number of nitrogens with two attached hydrogens (primary N) is 1. The molecule has 4 heteroatoms. The van der Waals surface area contributed by atoms with Crippen molar-refractivity contribution in [1.29, 1.82) is 0 Å². The fourth-order valence-corrected chi connectivity index (χ4v) is 2.07. The number of anilines is 1. The molecule has 2 N–H and O–H groups in total. The average Bonchev–Trinajstić information content (AvgIpc) is 2.28. The Hall–Kier alpha value is -0.930. The molecule has 16 heavy (non-hydrogen) atoms. The number of nitrogens with zero attached hydrogens (tertiary/aromatic N) is 1. The third-order valence-corrected chi connectivity index (χ3v) is 3.30. The highest BCUT2D eigenvalue weighted by atomic mass is 35.5. The summed E-state index contributed by atoms with van der Waals surface area (Å²) in [6, 6.07) is 5.51. The van der Waals surface area contributed by atoms with E-state index in [2.05, 4.69) is 11.9 Å². The summed E-state index contributed by atoms with van der Waals surface area (Å²) in [5.74, 6) is 0.710. The Balaban J connectivity index is 2.01. The van der Waals surface area contributed by atoms with Crippen molar-refractivity contribution >= 4 is 17.3 Å². The van der Waals surface area contributed by atoms with Gasteiger partial charge in [-0.05, 0) is 32.0 Å². The van der Waals surface area contributed by atoms with Gasteiger partial charge in [0, 0.05) is 13.1 Å². The molecule has 1 aromatic carbocycles. The molecule has 0 spiro atoms. The molecular weight excluding hydrogens is 224 g/mol. The van der Waals surface area contributed by atoms with E-state index < -0.39 is 0 Å². The summed E-state index contributed by atoms with van der Waals surface area (Å²) in [4.78, 5) is 2.31. The number of hydrogen-bond donors (Lipinski definition) is 1. The zero-order chi connectivity index (χ0) is 11.5. The molecular formula is C12H17ClN2O. The van der Waals surface area contributed by atoms with E-state index >= 15 is 0 Å². The Labute approximate surface area is 101 Å². The van der Waals surface area contributed by atoms with Gasteiger partial charge >= 0.3 is 0 Å². The molecule has 2 rings (SSSR count). The van der Waals surface area contributed by atoms with Crippen LogP contribution in [0.4, 0.5) is 5.69 Å². The van der Waals surface area contributed by atoms with Crippen LogP contribution < -0.4 is 10.5 Å². The van der Waals surface area contributed by atoms with Crippen LogP contribution in [0.2, 0.25) is 5.02 Å². The molecule has 1 aromatic rings. The Morgan fingerprint density at radius 3 is 2.75 bits per heavy atom. The van der Waals surface area contributed by atoms with E-state index in [-0.39, 0.29) is 6.10 Å². The first-order chi connectivity index (χ1) is 7.66. The van der Waals surface area contributed by atoms with Gasteiger partial charge in [0.05, 0.1) is 10.7 Å². The third kappa shape index (κ3) is 2.60. The maximum absolute atomic E-state index is 5.94. The van der Waals surface area contributed by atoms with Gasteiger partial charge in [0.2, 0.25) is 0 Å². The van der Waals surface area contributed by atoms with Gasteiger partial charge < -0.3 is 15.4 Å².